The van der Waals surface area contributed by atoms with Gasteiger partial charge in [0.05, 0.1) is 2.74 Å². The third-order valence-electron chi connectivity index (χ3n) is 11.5. The van der Waals surface area contributed by atoms with E-state index >= 15 is 0 Å². The van der Waals surface area contributed by atoms with E-state index in [1.807, 2.05) is 83.4 Å². The molecule has 0 atom stereocenters. The normalized spacial score (nSPS) is 12.6. The maximum Gasteiger partial charge on any atom is 0.135 e. The topological polar surface area (TPSA) is 33.5 Å². The third-order valence-corrected chi connectivity index (χ3v) is 11.5. The van der Waals surface area contributed by atoms with E-state index in [1.165, 1.54) is 0 Å². The molecule has 10 aromatic rings. The molecule has 0 aliphatic carbocycles. The average Bonchev–Trinajstić information content (AvgIpc) is 3.88. The van der Waals surface area contributed by atoms with Crippen molar-refractivity contribution in [3.63, 3.8) is 0 Å². The minimum atomic E-state index is -0.0243. The number of anilines is 4. The first-order chi connectivity index (χ1) is 31.4. The first-order valence-electron chi connectivity index (χ1n) is 21.9. The van der Waals surface area contributed by atoms with Crippen LogP contribution in [0.1, 0.15) is 28.1 Å². The number of ether oxygens (including phenoxy) is 1. The Hall–Kier alpha value is -7.20. The fraction of sp³-hybridized carbons (Fsp3) is 0.0526. The van der Waals surface area contributed by atoms with Crippen molar-refractivity contribution in [2.24, 2.45) is 0 Å². The van der Waals surface area contributed by atoms with Crippen molar-refractivity contribution in [3.8, 4) is 50.7 Å². The van der Waals surface area contributed by atoms with Gasteiger partial charge in [-0.05, 0) is 57.8 Å². The van der Waals surface area contributed by atoms with Crippen molar-refractivity contribution in [1.82, 2.24) is 9.55 Å². The Bertz CT molecular complexity index is 3300. The molecule has 3 heterocycles. The molecule has 5 nitrogen and oxygen atoms in total. The summed E-state index contributed by atoms with van der Waals surface area (Å²) in [6.45, 7) is 6.28. The zero-order chi connectivity index (χ0) is 43.3. The van der Waals surface area contributed by atoms with E-state index in [2.05, 4.69) is 152 Å². The molecule has 11 rings (SSSR count). The summed E-state index contributed by atoms with van der Waals surface area (Å²) in [6, 6.07) is 71.3. The van der Waals surface area contributed by atoms with Gasteiger partial charge in [-0.15, -0.1) is 48.1 Å². The molecule has 6 heteroatoms. The van der Waals surface area contributed by atoms with Crippen LogP contribution in [0.3, 0.4) is 0 Å². The van der Waals surface area contributed by atoms with Gasteiger partial charge in [-0.25, -0.2) is 4.98 Å². The minimum Gasteiger partial charge on any atom is -0.509 e. The van der Waals surface area contributed by atoms with Crippen molar-refractivity contribution >= 4 is 44.6 Å². The molecule has 0 saturated carbocycles. The number of fused-ring (bicyclic) bond motifs is 4. The first kappa shape index (κ1) is 37.6. The van der Waals surface area contributed by atoms with Crippen LogP contribution in [0, 0.1) is 18.8 Å². The van der Waals surface area contributed by atoms with Crippen LogP contribution in [-0.2, 0) is 21.1 Å². The third kappa shape index (κ3) is 7.29. The summed E-state index contributed by atoms with van der Waals surface area (Å²) in [4.78, 5) is 9.31. The number of hydrogen-bond acceptors (Lipinski definition) is 4. The Labute approximate surface area is 385 Å². The van der Waals surface area contributed by atoms with Gasteiger partial charge in [0, 0.05) is 78.0 Å². The molecule has 0 unspecified atom stereocenters. The van der Waals surface area contributed by atoms with E-state index in [0.29, 0.717) is 28.4 Å². The van der Waals surface area contributed by atoms with E-state index in [0.717, 1.165) is 72.4 Å². The number of rotatable bonds is 9. The second kappa shape index (κ2) is 16.9. The molecule has 63 heavy (non-hydrogen) atoms. The van der Waals surface area contributed by atoms with Gasteiger partial charge in [-0.2, -0.15) is 12.1 Å². The van der Waals surface area contributed by atoms with E-state index in [9.17, 15) is 2.74 Å². The van der Waals surface area contributed by atoms with Crippen molar-refractivity contribution in [1.29, 1.82) is 0 Å². The van der Waals surface area contributed by atoms with Crippen LogP contribution in [0.25, 0.3) is 61.0 Å². The Balaban J connectivity index is 0.00000498. The van der Waals surface area contributed by atoms with E-state index in [1.54, 1.807) is 0 Å². The number of hydrogen-bond donors (Lipinski definition) is 0. The van der Waals surface area contributed by atoms with Crippen LogP contribution in [0.2, 0.25) is 0 Å². The van der Waals surface area contributed by atoms with E-state index in [-0.39, 0.29) is 39.2 Å². The number of pyridine rings is 1. The van der Waals surface area contributed by atoms with Crippen LogP contribution in [0.15, 0.2) is 200 Å². The number of para-hydroxylation sites is 4. The average molecular weight is 995 g/mol. The Kier molecular flexibility index (Phi) is 10.1. The molecule has 0 spiro atoms. The number of aromatic nitrogens is 2. The van der Waals surface area contributed by atoms with Crippen LogP contribution >= 0.6 is 0 Å². The van der Waals surface area contributed by atoms with Crippen molar-refractivity contribution in [2.75, 3.05) is 9.80 Å². The molecular formula is C57H41N4OPt-3. The summed E-state index contributed by atoms with van der Waals surface area (Å²) in [7, 11) is 0. The molecule has 8 aromatic carbocycles. The fourth-order valence-electron chi connectivity index (χ4n) is 8.64. The molecule has 308 valence electrons. The van der Waals surface area contributed by atoms with Crippen LogP contribution in [0.5, 0.6) is 11.5 Å². The standard InChI is InChI=1S/C57H41N4O.Pt/c1-39(2)50-36-56(58-37-51(50)42-22-10-5-11-23-42)61-52-29-13-12-26-48(52)49-33-32-45(35-55(49)61)62-44-25-16-24-43(34-44)59-38-60(54-31-15-14-30-53(54)59)57-46(40-18-6-3-7-19-40)27-17-28-47(57)41-20-8-4-9-21-41;/h3-33,36-39H,1-2H3;/q-3;/i36D,37D;. The molecule has 0 amide bonds. The Morgan fingerprint density at radius 3 is 1.79 bits per heavy atom. The molecule has 0 fully saturated rings. The van der Waals surface area contributed by atoms with Gasteiger partial charge in [-0.3, -0.25) is 0 Å². The predicted molar refractivity (Wildman–Crippen MR) is 255 cm³/mol. The summed E-state index contributed by atoms with van der Waals surface area (Å²) >= 11 is 0. The van der Waals surface area contributed by atoms with Gasteiger partial charge >= 0.3 is 0 Å². The summed E-state index contributed by atoms with van der Waals surface area (Å²) < 4.78 is 27.5. The SMILES string of the molecule is [2H]c1nc(-n2c3[c-]c(Oc4[c-]c(N5[CH-]N(c6c(-c7ccccc7)cccc6-c6ccccc6)c6ccccc65)ccc4)ccc3c3ccccc32)c([2H])c(C(C)C)c1-c1ccccc1.[Pt]. The van der Waals surface area contributed by atoms with Crippen molar-refractivity contribution in [3.05, 3.63) is 225 Å². The Morgan fingerprint density at radius 1 is 0.556 bits per heavy atom. The molecule has 1 aliphatic rings. The van der Waals surface area contributed by atoms with Gasteiger partial charge in [0.15, 0.2) is 0 Å². The van der Waals surface area contributed by atoms with Crippen molar-refractivity contribution in [2.45, 2.75) is 19.8 Å². The van der Waals surface area contributed by atoms with Gasteiger partial charge in [-0.1, -0.05) is 159 Å². The largest absolute Gasteiger partial charge is 0.509 e. The summed E-state index contributed by atoms with van der Waals surface area (Å²) in [5, 5.41) is 1.94. The summed E-state index contributed by atoms with van der Waals surface area (Å²) in [5.41, 5.74) is 12.4. The second-order valence-electron chi connectivity index (χ2n) is 15.7. The molecule has 1 aliphatic heterocycles. The van der Waals surface area contributed by atoms with Crippen LogP contribution < -0.4 is 14.5 Å². The fourth-order valence-corrected chi connectivity index (χ4v) is 8.64. The molecule has 0 saturated heterocycles. The van der Waals surface area contributed by atoms with Gasteiger partial charge in [0.1, 0.15) is 5.82 Å². The maximum atomic E-state index is 9.63. The minimum absolute atomic E-state index is 0. The zero-order valence-electron chi connectivity index (χ0n) is 36.6. The van der Waals surface area contributed by atoms with Gasteiger partial charge < -0.3 is 19.1 Å². The molecule has 0 N–H and O–H groups in total. The summed E-state index contributed by atoms with van der Waals surface area (Å²) in [5.74, 6) is 1.38. The van der Waals surface area contributed by atoms with E-state index < -0.39 is 0 Å². The molecular weight excluding hydrogens is 952 g/mol. The maximum absolute atomic E-state index is 9.63. The van der Waals surface area contributed by atoms with Crippen LogP contribution in [0.4, 0.5) is 22.7 Å². The summed E-state index contributed by atoms with van der Waals surface area (Å²) in [6.07, 6.45) is 0.129. The van der Waals surface area contributed by atoms with Crippen LogP contribution in [-0.4, -0.2) is 9.55 Å². The molecule has 2 aromatic heterocycles. The van der Waals surface area contributed by atoms with Crippen molar-refractivity contribution < 1.29 is 28.5 Å². The number of nitrogens with zero attached hydrogens (tertiary/aromatic N) is 4. The molecule has 0 bridgehead atoms. The van der Waals surface area contributed by atoms with E-state index in [4.69, 9.17) is 9.72 Å². The number of benzene rings is 8. The quantitative estimate of drug-likeness (QED) is 0.135. The predicted octanol–water partition coefficient (Wildman–Crippen LogP) is 15.1. The second-order valence-corrected chi connectivity index (χ2v) is 15.7. The first-order valence-corrected chi connectivity index (χ1v) is 20.9. The smallest absolute Gasteiger partial charge is 0.135 e. The van der Waals surface area contributed by atoms with Gasteiger partial charge in [0.2, 0.25) is 0 Å². The monoisotopic (exact) mass is 994 g/mol. The van der Waals surface area contributed by atoms with Gasteiger partial charge in [0.25, 0.3) is 0 Å². The molecule has 0 radical (unpaired) electrons. The zero-order valence-corrected chi connectivity index (χ0v) is 36.8. The Morgan fingerprint density at radius 2 is 1.13 bits per heavy atom.